The van der Waals surface area contributed by atoms with Gasteiger partial charge in [-0.2, -0.15) is 11.8 Å². The first-order valence-electron chi connectivity index (χ1n) is 29.0. The Kier molecular flexibility index (Phi) is 36.6. The SMILES string of the molecule is CC(=O)NC1C(OC2C(O)C(CO)OC(OC3C(COS(=O)(=O)[O-])OC(OCCCNC(=O)COCCOCCOCCNC(=O)CCCC[C@@H]4SC[C@@H]5NC(=O)N[C@@H]54)C(NC(C)=O)C3O)C2O)OC(COS(=O)(=O)[O-])C(OC2OC(CO)C(O)C(O)C2O)C1O.[Na+].[Na+]. The van der Waals surface area contributed by atoms with Gasteiger partial charge in [0.25, 0.3) is 0 Å². The van der Waals surface area contributed by atoms with E-state index in [0.29, 0.717) is 18.2 Å². The van der Waals surface area contributed by atoms with Crippen LogP contribution in [0.15, 0.2) is 0 Å². The molecule has 23 atom stereocenters. The van der Waals surface area contributed by atoms with Gasteiger partial charge in [-0.25, -0.2) is 21.6 Å². The summed E-state index contributed by atoms with van der Waals surface area (Å²) < 4.78 is 141. The third-order valence-corrected chi connectivity index (χ3v) is 17.3. The van der Waals surface area contributed by atoms with Crippen LogP contribution in [0.5, 0.6) is 0 Å². The van der Waals surface area contributed by atoms with E-state index >= 15 is 0 Å². The van der Waals surface area contributed by atoms with E-state index in [9.17, 15) is 95.9 Å². The van der Waals surface area contributed by atoms with Gasteiger partial charge in [0.15, 0.2) is 25.2 Å². The minimum absolute atomic E-state index is 0. The fourth-order valence-corrected chi connectivity index (χ4v) is 12.7. The molecule has 20 unspecified atom stereocenters. The van der Waals surface area contributed by atoms with Gasteiger partial charge >= 0.3 is 65.1 Å². The molecule has 6 rings (SSSR count). The quantitative estimate of drug-likeness (QED) is 0.00903. The third kappa shape index (κ3) is 26.2. The van der Waals surface area contributed by atoms with Crippen molar-refractivity contribution in [3.05, 3.63) is 0 Å². The summed E-state index contributed by atoms with van der Waals surface area (Å²) >= 11 is 1.83. The van der Waals surface area contributed by atoms with E-state index in [-0.39, 0.29) is 142 Å². The van der Waals surface area contributed by atoms with Crippen LogP contribution in [0.2, 0.25) is 0 Å². The number of carbonyl (C=O) groups is 5. The molecule has 0 radical (unpaired) electrons. The van der Waals surface area contributed by atoms with Crippen molar-refractivity contribution < 1.29 is 215 Å². The summed E-state index contributed by atoms with van der Waals surface area (Å²) in [4.78, 5) is 61.3. The van der Waals surface area contributed by atoms with Gasteiger partial charge in [-0.3, -0.25) is 27.5 Å². The van der Waals surface area contributed by atoms with E-state index in [0.717, 1.165) is 38.9 Å². The number of carbonyl (C=O) groups excluding carboxylic acids is 5. The normalized spacial score (nSPS) is 35.2. The zero-order valence-corrected chi connectivity index (χ0v) is 57.7. The predicted octanol–water partition coefficient (Wildman–Crippen LogP) is -16.1. The molecule has 39 nitrogen and oxygen atoms in total. The second kappa shape index (κ2) is 40.6. The first-order chi connectivity index (χ1) is 43.1. The molecule has 0 aromatic rings. The van der Waals surface area contributed by atoms with Gasteiger partial charge in [0.05, 0.1) is 78.2 Å². The average Bonchev–Trinajstić information content (AvgIpc) is 1.56. The maximum absolute atomic E-state index is 12.6. The third-order valence-electron chi connectivity index (χ3n) is 14.9. The van der Waals surface area contributed by atoms with Gasteiger partial charge < -0.3 is 139 Å². The second-order valence-electron chi connectivity index (χ2n) is 21.7. The molecule has 93 heavy (non-hydrogen) atoms. The number of amides is 6. The van der Waals surface area contributed by atoms with Crippen molar-refractivity contribution in [2.45, 2.75) is 186 Å². The van der Waals surface area contributed by atoms with Crippen molar-refractivity contribution in [3.63, 3.8) is 0 Å². The summed E-state index contributed by atoms with van der Waals surface area (Å²) in [6.45, 7) is -2.11. The van der Waals surface area contributed by atoms with Crippen LogP contribution in [-0.2, 0) is 100 Å². The number of hydrogen-bond acceptors (Lipinski definition) is 34. The number of thioether (sulfide) groups is 1. The molecule has 44 heteroatoms. The molecular formula is C49H82N6Na2O33S3. The smallest absolute Gasteiger partial charge is 0.726 e. The topological polar surface area (TPSA) is 574 Å². The minimum atomic E-state index is -5.58. The Balaban J connectivity index is 0.00000922. The summed E-state index contributed by atoms with van der Waals surface area (Å²) in [5, 5.41) is 114. The number of ether oxygens (including phenoxy) is 11. The standard InChI is InChI=1S/C49H84N6O33S3.2Na/c1-22(58)52-33-37(64)42(87-48-41(68)44(36(63)26(17-57)83-48)88-46-34(53-23(2)59)38(65)43(28(85-46)19-81-91(73,74)75)86-47-40(67)39(66)35(62)25(16-56)82-47)27(18-80-90(70,71)72)84-45(33)79-10-5-8-50-31(61)20-78-15-14-77-13-12-76-11-9-51-30(60)7-4-3-6-29-32-24(21-89-29)54-49(69)55-32;;/h24-29,32-48,56-57,62-68H,3-21H2,1-2H3,(H,50,61)(H,51,60)(H,52,58)(H,53,59)(H2,54,55,69)(H,70,71,72)(H,73,74,75);;/q;2*+1/p-2/t24-,25?,26?,27?,28?,29-,32-,33?,34?,35?,36?,37?,38?,39?,40?,41?,42?,43?,44?,45?,46?,47?,48?;;/m0../s1. The number of nitrogens with one attached hydrogen (secondary N) is 6. The number of aliphatic hydroxyl groups is 9. The zero-order chi connectivity index (χ0) is 66.7. The average molecular weight is 1430 g/mol. The summed E-state index contributed by atoms with van der Waals surface area (Å²) in [6, 6.07) is -3.40. The maximum atomic E-state index is 12.6. The van der Waals surface area contributed by atoms with Gasteiger partial charge in [0, 0.05) is 44.4 Å². The Bertz CT molecular complexity index is 2550. The Morgan fingerprint density at radius 1 is 0.570 bits per heavy atom. The van der Waals surface area contributed by atoms with Crippen molar-refractivity contribution in [1.29, 1.82) is 0 Å². The van der Waals surface area contributed by atoms with Crippen molar-refractivity contribution >= 4 is 62.2 Å². The monoisotopic (exact) mass is 1420 g/mol. The molecule has 6 saturated heterocycles. The molecule has 526 valence electrons. The van der Waals surface area contributed by atoms with Crippen LogP contribution in [0.1, 0.15) is 46.0 Å². The van der Waals surface area contributed by atoms with E-state index in [1.54, 1.807) is 0 Å². The van der Waals surface area contributed by atoms with Crippen LogP contribution in [0.3, 0.4) is 0 Å². The van der Waals surface area contributed by atoms with Crippen molar-refractivity contribution in [1.82, 2.24) is 31.9 Å². The number of aliphatic hydroxyl groups excluding tert-OH is 9. The Morgan fingerprint density at radius 2 is 1.08 bits per heavy atom. The molecule has 0 saturated carbocycles. The van der Waals surface area contributed by atoms with Crippen LogP contribution in [0, 0.1) is 0 Å². The molecular weight excluding hydrogens is 1340 g/mol. The molecule has 6 amide bonds. The molecule has 0 aromatic carbocycles. The molecule has 0 aliphatic carbocycles. The van der Waals surface area contributed by atoms with Gasteiger partial charge in [-0.15, -0.1) is 0 Å². The van der Waals surface area contributed by atoms with E-state index in [4.69, 9.17) is 52.1 Å². The molecule has 6 aliphatic heterocycles. The first-order valence-corrected chi connectivity index (χ1v) is 32.7. The Labute approximate surface area is 583 Å². The zero-order valence-electron chi connectivity index (χ0n) is 51.3. The van der Waals surface area contributed by atoms with Gasteiger partial charge in [-0.1, -0.05) is 6.42 Å². The van der Waals surface area contributed by atoms with Crippen LogP contribution >= 0.6 is 11.8 Å². The van der Waals surface area contributed by atoms with Crippen LogP contribution in [0.25, 0.3) is 0 Å². The largest absolute Gasteiger partial charge is 1.00 e. The van der Waals surface area contributed by atoms with E-state index in [2.05, 4.69) is 40.3 Å². The fraction of sp³-hybridized carbons (Fsp3) is 0.898. The first kappa shape index (κ1) is 83.9. The molecule has 6 heterocycles. The van der Waals surface area contributed by atoms with Crippen molar-refractivity contribution in [3.8, 4) is 0 Å². The van der Waals surface area contributed by atoms with Gasteiger partial charge in [0.2, 0.25) is 44.4 Å². The summed E-state index contributed by atoms with van der Waals surface area (Å²) in [6.07, 6.45) is -33.7. The molecule has 0 aromatic heterocycles. The van der Waals surface area contributed by atoms with Gasteiger partial charge in [0.1, 0.15) is 104 Å². The number of urea groups is 1. The number of fused-ring (bicyclic) bond motifs is 1. The minimum Gasteiger partial charge on any atom is -0.726 e. The number of rotatable bonds is 37. The molecule has 15 N–H and O–H groups in total. The van der Waals surface area contributed by atoms with E-state index < -0.39 is 188 Å². The fourth-order valence-electron chi connectivity index (χ4n) is 10.5. The van der Waals surface area contributed by atoms with Crippen LogP contribution < -0.4 is 91.0 Å². The van der Waals surface area contributed by atoms with E-state index in [1.165, 1.54) is 0 Å². The summed E-state index contributed by atoms with van der Waals surface area (Å²) in [7, 11) is -11.1. The Morgan fingerprint density at radius 3 is 1.65 bits per heavy atom. The molecule has 0 spiro atoms. The number of unbranched alkanes of at least 4 members (excludes halogenated alkanes) is 1. The maximum Gasteiger partial charge on any atom is 1.00 e. The van der Waals surface area contributed by atoms with Crippen LogP contribution in [0.4, 0.5) is 4.79 Å². The number of hydrogen-bond donors (Lipinski definition) is 15. The van der Waals surface area contributed by atoms with E-state index in [1.807, 2.05) is 11.8 Å². The molecule has 6 aliphatic rings. The summed E-state index contributed by atoms with van der Waals surface area (Å²) in [5.41, 5.74) is 0. The van der Waals surface area contributed by atoms with Crippen molar-refractivity contribution in [2.75, 3.05) is 91.5 Å². The van der Waals surface area contributed by atoms with Crippen molar-refractivity contribution in [2.24, 2.45) is 0 Å². The Hall–Kier alpha value is -1.56. The predicted molar refractivity (Wildman–Crippen MR) is 295 cm³/mol. The molecule has 6 fully saturated rings. The summed E-state index contributed by atoms with van der Waals surface area (Å²) in [5.74, 6) is -1.47. The second-order valence-corrected chi connectivity index (χ2v) is 25.1. The van der Waals surface area contributed by atoms with Crippen LogP contribution in [-0.4, -0.2) is 333 Å². The van der Waals surface area contributed by atoms with Gasteiger partial charge in [-0.05, 0) is 19.3 Å². The molecule has 0 bridgehead atoms.